The number of fused-ring (bicyclic) bond motifs is 1. The van der Waals surface area contributed by atoms with E-state index in [1.165, 1.54) is 31.5 Å². The lowest BCUT2D eigenvalue weighted by Crippen LogP contribution is -2.27. The zero-order valence-electron chi connectivity index (χ0n) is 18.4. The molecule has 2 fully saturated rings. The third-order valence-electron chi connectivity index (χ3n) is 6.49. The second-order valence-electron chi connectivity index (χ2n) is 9.03. The number of aryl methyl sites for hydroxylation is 1. The molecule has 1 saturated carbocycles. The highest BCUT2D eigenvalue weighted by molar-refractivity contribution is 5.78. The van der Waals surface area contributed by atoms with Crippen molar-refractivity contribution < 1.29 is 4.79 Å². The minimum atomic E-state index is -0.0177. The highest BCUT2D eigenvalue weighted by atomic mass is 16.1. The van der Waals surface area contributed by atoms with Gasteiger partial charge in [-0.25, -0.2) is 4.98 Å². The van der Waals surface area contributed by atoms with Crippen molar-refractivity contribution >= 4 is 16.8 Å². The van der Waals surface area contributed by atoms with Gasteiger partial charge in [0.25, 0.3) is 5.56 Å². The molecule has 0 bridgehead atoms. The molecule has 2 heterocycles. The third kappa shape index (κ3) is 4.75. The van der Waals surface area contributed by atoms with Crippen LogP contribution < -0.4 is 10.9 Å². The molecule has 1 aromatic heterocycles. The Balaban J connectivity index is 1.18. The molecule has 5 rings (SSSR count). The van der Waals surface area contributed by atoms with Gasteiger partial charge in [0.2, 0.25) is 5.91 Å². The fourth-order valence-electron chi connectivity index (χ4n) is 4.55. The van der Waals surface area contributed by atoms with Crippen molar-refractivity contribution in [3.8, 4) is 0 Å². The van der Waals surface area contributed by atoms with Crippen LogP contribution in [-0.2, 0) is 24.3 Å². The summed E-state index contributed by atoms with van der Waals surface area (Å²) in [7, 11) is 0. The Kier molecular flexibility index (Phi) is 6.04. The number of aromatic nitrogens is 2. The summed E-state index contributed by atoms with van der Waals surface area (Å²) in [4.78, 5) is 32.6. The number of carbonyl (C=O) groups excluding carboxylic acids is 1. The van der Waals surface area contributed by atoms with Gasteiger partial charge in [0.05, 0.1) is 10.9 Å². The molecule has 1 amide bonds. The van der Waals surface area contributed by atoms with Gasteiger partial charge >= 0.3 is 0 Å². The van der Waals surface area contributed by atoms with Crippen molar-refractivity contribution in [3.05, 3.63) is 75.8 Å². The van der Waals surface area contributed by atoms with Gasteiger partial charge in [-0.15, -0.1) is 0 Å². The number of para-hydroxylation sites is 1. The average molecular weight is 431 g/mol. The third-order valence-corrected chi connectivity index (χ3v) is 6.49. The molecule has 3 aromatic rings. The predicted molar refractivity (Wildman–Crippen MR) is 125 cm³/mol. The Bertz CT molecular complexity index is 1160. The van der Waals surface area contributed by atoms with E-state index in [-0.39, 0.29) is 17.5 Å². The number of amides is 1. The number of rotatable bonds is 8. The van der Waals surface area contributed by atoms with Gasteiger partial charge in [-0.05, 0) is 62.0 Å². The maximum atomic E-state index is 12.9. The molecule has 0 radical (unpaired) electrons. The highest BCUT2D eigenvalue weighted by Crippen LogP contribution is 2.34. The zero-order chi connectivity index (χ0) is 21.9. The van der Waals surface area contributed by atoms with Gasteiger partial charge in [-0.1, -0.05) is 36.4 Å². The van der Waals surface area contributed by atoms with Crippen LogP contribution in [-0.4, -0.2) is 33.4 Å². The fraction of sp³-hybridized carbons (Fsp3) is 0.423. The van der Waals surface area contributed by atoms with Crippen LogP contribution in [0.15, 0.2) is 53.3 Å². The first kappa shape index (κ1) is 20.9. The normalized spacial score (nSPS) is 16.5. The van der Waals surface area contributed by atoms with Crippen molar-refractivity contribution in [2.24, 2.45) is 0 Å². The molecule has 2 aliphatic rings. The summed E-state index contributed by atoms with van der Waals surface area (Å²) in [5.41, 5.74) is 3.14. The monoisotopic (exact) mass is 430 g/mol. The molecule has 6 nitrogen and oxygen atoms in total. The SMILES string of the molecule is O=C(CCc1nc2ccccc2c(=O)n1C1CC1)NCc1ccc(CN2CCCC2)cc1. The highest BCUT2D eigenvalue weighted by Gasteiger charge is 2.28. The van der Waals surface area contributed by atoms with Crippen molar-refractivity contribution in [1.82, 2.24) is 19.8 Å². The number of nitrogens with one attached hydrogen (secondary N) is 1. The first-order chi connectivity index (χ1) is 15.7. The van der Waals surface area contributed by atoms with Gasteiger partial charge in [0.15, 0.2) is 0 Å². The van der Waals surface area contributed by atoms with Crippen LogP contribution in [0.1, 0.15) is 55.1 Å². The largest absolute Gasteiger partial charge is 0.352 e. The molecule has 1 N–H and O–H groups in total. The maximum Gasteiger partial charge on any atom is 0.261 e. The van der Waals surface area contributed by atoms with E-state index >= 15 is 0 Å². The van der Waals surface area contributed by atoms with Gasteiger partial charge < -0.3 is 5.32 Å². The number of carbonyl (C=O) groups is 1. The van der Waals surface area contributed by atoms with Crippen LogP contribution >= 0.6 is 0 Å². The number of benzene rings is 2. The molecule has 1 saturated heterocycles. The Hall–Kier alpha value is -2.99. The summed E-state index contributed by atoms with van der Waals surface area (Å²) < 4.78 is 1.81. The first-order valence-corrected chi connectivity index (χ1v) is 11.7. The first-order valence-electron chi connectivity index (χ1n) is 11.7. The summed E-state index contributed by atoms with van der Waals surface area (Å²) in [6, 6.07) is 16.2. The van der Waals surface area contributed by atoms with Crippen LogP contribution in [0.3, 0.4) is 0 Å². The molecular formula is C26H30N4O2. The number of nitrogens with zero attached hydrogens (tertiary/aromatic N) is 3. The molecule has 0 unspecified atom stereocenters. The van der Waals surface area contributed by atoms with Crippen LogP contribution in [0.5, 0.6) is 0 Å². The van der Waals surface area contributed by atoms with E-state index < -0.39 is 0 Å². The summed E-state index contributed by atoms with van der Waals surface area (Å²) >= 11 is 0. The van der Waals surface area contributed by atoms with Crippen LogP contribution in [0.4, 0.5) is 0 Å². The van der Waals surface area contributed by atoms with Gasteiger partial charge in [-0.3, -0.25) is 19.1 Å². The van der Waals surface area contributed by atoms with Gasteiger partial charge in [0.1, 0.15) is 5.82 Å². The lowest BCUT2D eigenvalue weighted by atomic mass is 10.1. The Morgan fingerprint density at radius 2 is 1.72 bits per heavy atom. The summed E-state index contributed by atoms with van der Waals surface area (Å²) in [5.74, 6) is 0.702. The molecule has 0 spiro atoms. The summed E-state index contributed by atoms with van der Waals surface area (Å²) in [5, 5.41) is 3.67. The number of likely N-dealkylation sites (tertiary alicyclic amines) is 1. The second-order valence-corrected chi connectivity index (χ2v) is 9.03. The van der Waals surface area contributed by atoms with Crippen molar-refractivity contribution in [1.29, 1.82) is 0 Å². The van der Waals surface area contributed by atoms with Crippen LogP contribution in [0.2, 0.25) is 0 Å². The summed E-state index contributed by atoms with van der Waals surface area (Å²) in [6.45, 7) is 3.91. The number of hydrogen-bond donors (Lipinski definition) is 1. The average Bonchev–Trinajstić information content (AvgIpc) is 3.52. The molecule has 1 aliphatic heterocycles. The Morgan fingerprint density at radius 1 is 1.00 bits per heavy atom. The molecular weight excluding hydrogens is 400 g/mol. The molecule has 166 valence electrons. The minimum absolute atomic E-state index is 0.0162. The van der Waals surface area contributed by atoms with E-state index in [4.69, 9.17) is 4.98 Å². The standard InChI is InChI=1S/C26H30N4O2/c31-25(27-17-19-7-9-20(10-8-19)18-29-15-3-4-16-29)14-13-24-28-23-6-2-1-5-22(23)26(32)30(24)21-11-12-21/h1-2,5-10,21H,3-4,11-18H2,(H,27,31). The van der Waals surface area contributed by atoms with E-state index in [1.807, 2.05) is 28.8 Å². The van der Waals surface area contributed by atoms with Crippen LogP contribution in [0.25, 0.3) is 10.9 Å². The minimum Gasteiger partial charge on any atom is -0.352 e. The molecule has 2 aromatic carbocycles. The van der Waals surface area contributed by atoms with Gasteiger partial charge in [0, 0.05) is 32.0 Å². The van der Waals surface area contributed by atoms with Crippen LogP contribution in [0, 0.1) is 0 Å². The van der Waals surface area contributed by atoms with Gasteiger partial charge in [-0.2, -0.15) is 0 Å². The Morgan fingerprint density at radius 3 is 2.47 bits per heavy atom. The Labute approximate surface area is 188 Å². The number of hydrogen-bond acceptors (Lipinski definition) is 4. The topological polar surface area (TPSA) is 67.2 Å². The van der Waals surface area contributed by atoms with Crippen molar-refractivity contribution in [3.63, 3.8) is 0 Å². The van der Waals surface area contributed by atoms with Crippen molar-refractivity contribution in [2.45, 2.75) is 57.7 Å². The maximum absolute atomic E-state index is 12.9. The molecule has 0 atom stereocenters. The van der Waals surface area contributed by atoms with E-state index in [9.17, 15) is 9.59 Å². The lowest BCUT2D eigenvalue weighted by Gasteiger charge is -2.15. The molecule has 6 heteroatoms. The van der Waals surface area contributed by atoms with E-state index in [1.54, 1.807) is 0 Å². The lowest BCUT2D eigenvalue weighted by molar-refractivity contribution is -0.121. The van der Waals surface area contributed by atoms with Crippen molar-refractivity contribution in [2.75, 3.05) is 13.1 Å². The fourth-order valence-corrected chi connectivity index (χ4v) is 4.55. The van der Waals surface area contributed by atoms with E-state index in [0.29, 0.717) is 30.3 Å². The smallest absolute Gasteiger partial charge is 0.261 e. The second kappa shape index (κ2) is 9.25. The van der Waals surface area contributed by atoms with E-state index in [0.717, 1.165) is 30.8 Å². The predicted octanol–water partition coefficient (Wildman–Crippen LogP) is 3.58. The zero-order valence-corrected chi connectivity index (χ0v) is 18.4. The summed E-state index contributed by atoms with van der Waals surface area (Å²) in [6.07, 6.45) is 5.41. The quantitative estimate of drug-likeness (QED) is 0.593. The molecule has 32 heavy (non-hydrogen) atoms. The van der Waals surface area contributed by atoms with E-state index in [2.05, 4.69) is 34.5 Å². The molecule has 1 aliphatic carbocycles.